The smallest absolute Gasteiger partial charge is 0.356 e. The standard InChI is InChI=1S/C2H7N5.2NO3/c3-1(4)7-2(5)6;2*2-1(3)4/h(H7,3,4,5,6,7);;/q;2*-1/p+2. The van der Waals surface area contributed by atoms with Crippen molar-refractivity contribution in [3.8, 4) is 0 Å². The first-order chi connectivity index (χ1) is 6.59. The van der Waals surface area contributed by atoms with Crippen LogP contribution in [0.2, 0.25) is 0 Å². The van der Waals surface area contributed by atoms with Gasteiger partial charge in [0.25, 0.3) is 5.96 Å². The summed E-state index contributed by atoms with van der Waals surface area (Å²) in [5, 5.41) is 34.4. The van der Waals surface area contributed by atoms with Crippen LogP contribution in [0.15, 0.2) is 0 Å². The van der Waals surface area contributed by atoms with Crippen LogP contribution in [0.5, 0.6) is 0 Å². The minimum absolute atomic E-state index is 0.000000000000000222. The molecule has 15 heavy (non-hydrogen) atoms. The van der Waals surface area contributed by atoms with Gasteiger partial charge in [-0.1, -0.05) is 0 Å². The highest BCUT2D eigenvalue weighted by Gasteiger charge is 1.93. The molecule has 9 N–H and O–H groups in total. The van der Waals surface area contributed by atoms with E-state index in [-0.39, 0.29) is 11.9 Å². The molecule has 0 aromatic heterocycles. The molecule has 0 atom stereocenters. The van der Waals surface area contributed by atoms with Crippen molar-refractivity contribution in [3.63, 3.8) is 0 Å². The summed E-state index contributed by atoms with van der Waals surface area (Å²) in [5.41, 5.74) is 14.7. The zero-order chi connectivity index (χ0) is 13.0. The van der Waals surface area contributed by atoms with E-state index in [4.69, 9.17) is 53.3 Å². The second kappa shape index (κ2) is 11.1. The number of nitrogens with two attached hydrogens (primary N) is 4. The number of guanidine groups is 2. The van der Waals surface area contributed by atoms with E-state index in [0.29, 0.717) is 0 Å². The first-order valence-corrected chi connectivity index (χ1v) is 2.75. The van der Waals surface area contributed by atoms with Crippen molar-refractivity contribution in [3.05, 3.63) is 30.6 Å². The molecule has 0 aliphatic rings. The molecule has 0 amide bonds. The summed E-state index contributed by atoms with van der Waals surface area (Å²) in [6.45, 7) is 0. The van der Waals surface area contributed by atoms with Crippen molar-refractivity contribution in [2.75, 3.05) is 0 Å². The average molecular weight is 227 g/mol. The second-order valence-corrected chi connectivity index (χ2v) is 1.48. The highest BCUT2D eigenvalue weighted by Crippen LogP contribution is 1.44. The first kappa shape index (κ1) is 18.0. The SMILES string of the molecule is NC(=[NH2+])[NH+]=C(N)N.O=[N+]([O-])[O-].O=[N+]([O-])[O-]. The van der Waals surface area contributed by atoms with Crippen molar-refractivity contribution < 1.29 is 20.6 Å². The van der Waals surface area contributed by atoms with E-state index in [0.717, 1.165) is 0 Å². The van der Waals surface area contributed by atoms with Gasteiger partial charge < -0.3 is 42.1 Å². The van der Waals surface area contributed by atoms with Gasteiger partial charge in [-0.15, -0.1) is 4.99 Å². The lowest BCUT2D eigenvalue weighted by Crippen LogP contribution is -2.90. The lowest BCUT2D eigenvalue weighted by atomic mass is 11.0. The average Bonchev–Trinajstić information content (AvgIpc) is 1.78. The Hall–Kier alpha value is -2.86. The number of nitrogens with one attached hydrogen (secondary N) is 1. The molecule has 0 rings (SSSR count). The quantitative estimate of drug-likeness (QED) is 0.114. The number of hydrogen-bond donors (Lipinski definition) is 5. The Morgan fingerprint density at radius 3 is 1.20 bits per heavy atom. The van der Waals surface area contributed by atoms with Crippen molar-refractivity contribution in [1.29, 1.82) is 0 Å². The van der Waals surface area contributed by atoms with Crippen LogP contribution in [-0.4, -0.2) is 22.1 Å². The predicted octanol–water partition coefficient (Wildman–Crippen LogP) is -6.06. The van der Waals surface area contributed by atoms with Crippen LogP contribution in [-0.2, 0) is 0 Å². The molecular weight excluding hydrogens is 218 g/mol. The summed E-state index contributed by atoms with van der Waals surface area (Å²) in [6.07, 6.45) is 0. The molecule has 13 heteroatoms. The number of rotatable bonds is 0. The van der Waals surface area contributed by atoms with E-state index in [1.165, 1.54) is 0 Å². The predicted molar refractivity (Wildman–Crippen MR) is 46.2 cm³/mol. The Bertz CT molecular complexity index is 224. The summed E-state index contributed by atoms with van der Waals surface area (Å²) in [5.74, 6) is 0.000000000000000666. The summed E-state index contributed by atoms with van der Waals surface area (Å²) in [4.78, 5) is 18.8. The topological polar surface area (TPSA) is 250 Å². The molecule has 0 fully saturated rings. The second-order valence-electron chi connectivity index (χ2n) is 1.48. The zero-order valence-corrected chi connectivity index (χ0v) is 7.15. The molecule has 0 heterocycles. The van der Waals surface area contributed by atoms with Crippen LogP contribution in [0.1, 0.15) is 0 Å². The van der Waals surface area contributed by atoms with E-state index in [9.17, 15) is 0 Å². The fourth-order valence-corrected chi connectivity index (χ4v) is 0.167. The van der Waals surface area contributed by atoms with E-state index in [2.05, 4.69) is 4.99 Å². The lowest BCUT2D eigenvalue weighted by Gasteiger charge is -1.74. The van der Waals surface area contributed by atoms with Gasteiger partial charge in [-0.2, -0.15) is 0 Å². The fraction of sp³-hybridized carbons (Fsp3) is 0. The van der Waals surface area contributed by atoms with Gasteiger partial charge in [0, 0.05) is 0 Å². The Kier molecular flexibility index (Phi) is 13.4. The molecular formula is C2H9N7O6. The van der Waals surface area contributed by atoms with Crippen molar-refractivity contribution in [2.24, 2.45) is 17.2 Å². The summed E-state index contributed by atoms with van der Waals surface area (Å²) < 4.78 is 0. The summed E-state index contributed by atoms with van der Waals surface area (Å²) in [7, 11) is 0. The maximum atomic E-state index is 8.25. The van der Waals surface area contributed by atoms with Crippen LogP contribution >= 0.6 is 0 Å². The maximum Gasteiger partial charge on any atom is 0.515 e. The first-order valence-electron chi connectivity index (χ1n) is 2.75. The summed E-state index contributed by atoms with van der Waals surface area (Å²) in [6, 6.07) is 0. The van der Waals surface area contributed by atoms with Crippen molar-refractivity contribution >= 4 is 11.9 Å². The molecule has 0 aromatic carbocycles. The number of nitrogens with zero attached hydrogens (tertiary/aromatic N) is 2. The normalized spacial score (nSPS) is 6.67. The molecule has 0 aliphatic carbocycles. The van der Waals surface area contributed by atoms with Gasteiger partial charge in [0.05, 0.1) is 10.2 Å². The molecule has 88 valence electrons. The maximum absolute atomic E-state index is 8.25. The molecule has 0 bridgehead atoms. The Balaban J connectivity index is -0.000000155. The number of hydrogen-bond acceptors (Lipinski definition) is 6. The third-order valence-corrected chi connectivity index (χ3v) is 0.289. The van der Waals surface area contributed by atoms with Gasteiger partial charge in [0.2, 0.25) is 0 Å². The van der Waals surface area contributed by atoms with Crippen LogP contribution < -0.4 is 27.6 Å². The minimum atomic E-state index is -1.75. The molecule has 0 saturated carbocycles. The molecule has 13 nitrogen and oxygen atoms in total. The van der Waals surface area contributed by atoms with Crippen LogP contribution in [0.25, 0.3) is 0 Å². The van der Waals surface area contributed by atoms with Crippen molar-refractivity contribution in [2.45, 2.75) is 0 Å². The third-order valence-electron chi connectivity index (χ3n) is 0.289. The molecule has 0 spiro atoms. The lowest BCUT2D eigenvalue weighted by molar-refractivity contribution is -0.403. The molecule has 0 aliphatic heterocycles. The highest BCUT2D eigenvalue weighted by molar-refractivity contribution is 5.75. The largest absolute Gasteiger partial charge is 0.515 e. The zero-order valence-electron chi connectivity index (χ0n) is 7.15. The molecule has 0 saturated heterocycles. The fourth-order valence-electron chi connectivity index (χ4n) is 0.167. The van der Waals surface area contributed by atoms with Crippen molar-refractivity contribution in [1.82, 2.24) is 0 Å². The van der Waals surface area contributed by atoms with Gasteiger partial charge in [0.1, 0.15) is 0 Å². The Labute approximate surface area is 81.5 Å². The minimum Gasteiger partial charge on any atom is -0.356 e. The van der Waals surface area contributed by atoms with Crippen LogP contribution in [0, 0.1) is 30.6 Å². The molecule has 0 radical (unpaired) electrons. The van der Waals surface area contributed by atoms with E-state index in [1.54, 1.807) is 0 Å². The van der Waals surface area contributed by atoms with E-state index in [1.807, 2.05) is 0 Å². The molecule has 0 unspecified atom stereocenters. The summed E-state index contributed by atoms with van der Waals surface area (Å²) >= 11 is 0. The van der Waals surface area contributed by atoms with Crippen LogP contribution in [0.3, 0.4) is 0 Å². The van der Waals surface area contributed by atoms with Gasteiger partial charge in [-0.3, -0.25) is 0 Å². The monoisotopic (exact) mass is 227 g/mol. The third kappa shape index (κ3) is 716. The Morgan fingerprint density at radius 1 is 1.00 bits per heavy atom. The molecule has 0 aromatic rings. The van der Waals surface area contributed by atoms with E-state index >= 15 is 0 Å². The van der Waals surface area contributed by atoms with Gasteiger partial charge in [0.15, 0.2) is 0 Å². The van der Waals surface area contributed by atoms with Crippen LogP contribution in [0.4, 0.5) is 0 Å². The van der Waals surface area contributed by atoms with Gasteiger partial charge in [-0.05, 0) is 0 Å². The van der Waals surface area contributed by atoms with Gasteiger partial charge >= 0.3 is 5.96 Å². The van der Waals surface area contributed by atoms with Gasteiger partial charge in [-0.25, -0.2) is 11.1 Å². The highest BCUT2D eigenvalue weighted by atomic mass is 16.9. The Morgan fingerprint density at radius 2 is 1.20 bits per heavy atom. The van der Waals surface area contributed by atoms with E-state index < -0.39 is 10.2 Å².